The van der Waals surface area contributed by atoms with E-state index in [4.69, 9.17) is 16.3 Å². The molecule has 0 aromatic heterocycles. The van der Waals surface area contributed by atoms with Gasteiger partial charge < -0.3 is 19.9 Å². The first kappa shape index (κ1) is 16.5. The second-order valence-electron chi connectivity index (χ2n) is 5.54. The number of anilines is 1. The van der Waals surface area contributed by atoms with Gasteiger partial charge in [-0.3, -0.25) is 0 Å². The summed E-state index contributed by atoms with van der Waals surface area (Å²) in [5.41, 5.74) is 1.09. The Morgan fingerprint density at radius 3 is 2.50 bits per heavy atom. The molecule has 0 bridgehead atoms. The number of para-hydroxylation sites is 1. The van der Waals surface area contributed by atoms with E-state index in [2.05, 4.69) is 10.2 Å². The molecule has 2 aromatic carbocycles. The molecule has 1 N–H and O–H groups in total. The predicted molar refractivity (Wildman–Crippen MR) is 95.7 cm³/mol. The Morgan fingerprint density at radius 2 is 1.79 bits per heavy atom. The number of ether oxygens (including phenoxy) is 1. The largest absolute Gasteiger partial charge is 0.473 e. The Morgan fingerprint density at radius 1 is 1.04 bits per heavy atom. The van der Waals surface area contributed by atoms with Crippen molar-refractivity contribution in [1.29, 1.82) is 0 Å². The summed E-state index contributed by atoms with van der Waals surface area (Å²) in [7, 11) is 0. The Bertz CT molecular complexity index is 673. The predicted octanol–water partition coefficient (Wildman–Crippen LogP) is 3.21. The number of carbonyl (C=O) groups is 1. The van der Waals surface area contributed by atoms with Crippen LogP contribution in [-0.4, -0.2) is 43.8 Å². The van der Waals surface area contributed by atoms with E-state index in [0.717, 1.165) is 29.5 Å². The number of urea groups is 1. The first-order valence-corrected chi connectivity index (χ1v) is 8.31. The summed E-state index contributed by atoms with van der Waals surface area (Å²) in [6, 6.07) is 17.1. The Balaban J connectivity index is 1.43. The Labute approximate surface area is 146 Å². The molecule has 2 amide bonds. The molecule has 0 aliphatic carbocycles. The fourth-order valence-corrected chi connectivity index (χ4v) is 2.83. The van der Waals surface area contributed by atoms with Crippen LogP contribution in [0.25, 0.3) is 0 Å². The van der Waals surface area contributed by atoms with Gasteiger partial charge in [0.05, 0.1) is 0 Å². The molecule has 1 aliphatic rings. The maximum absolute atomic E-state index is 12.2. The molecule has 1 saturated heterocycles. The third kappa shape index (κ3) is 4.32. The minimum Gasteiger partial charge on any atom is -0.473 e. The first-order chi connectivity index (χ1) is 11.7. The molecule has 0 saturated carbocycles. The number of benzene rings is 2. The topological polar surface area (TPSA) is 44.8 Å². The van der Waals surface area contributed by atoms with Gasteiger partial charge in [0.1, 0.15) is 5.75 Å². The van der Waals surface area contributed by atoms with E-state index in [0.29, 0.717) is 13.1 Å². The molecule has 1 fully saturated rings. The van der Waals surface area contributed by atoms with E-state index < -0.39 is 0 Å². The highest BCUT2D eigenvalue weighted by Crippen LogP contribution is 2.20. The van der Waals surface area contributed by atoms with Crippen molar-refractivity contribution in [1.82, 2.24) is 10.2 Å². The molecular formula is C18H20ClN3O2. The summed E-state index contributed by atoms with van der Waals surface area (Å²) in [4.78, 5) is 16.2. The van der Waals surface area contributed by atoms with Crippen molar-refractivity contribution in [2.24, 2.45) is 0 Å². The highest BCUT2D eigenvalue weighted by atomic mass is 35.5. The van der Waals surface area contributed by atoms with Crippen molar-refractivity contribution in [2.75, 3.05) is 37.8 Å². The number of halogens is 1. The zero-order valence-electron chi connectivity index (χ0n) is 13.3. The van der Waals surface area contributed by atoms with Crippen molar-refractivity contribution >= 4 is 23.3 Å². The van der Waals surface area contributed by atoms with Gasteiger partial charge in [-0.05, 0) is 30.3 Å². The van der Waals surface area contributed by atoms with Gasteiger partial charge in [0.25, 0.3) is 0 Å². The summed E-state index contributed by atoms with van der Waals surface area (Å²) in [5, 5.41) is 3.52. The third-order valence-corrected chi connectivity index (χ3v) is 4.18. The normalized spacial score (nSPS) is 14.4. The van der Waals surface area contributed by atoms with Gasteiger partial charge in [-0.1, -0.05) is 35.9 Å². The second kappa shape index (κ2) is 7.93. The first-order valence-electron chi connectivity index (χ1n) is 7.93. The van der Waals surface area contributed by atoms with Crippen molar-refractivity contribution < 1.29 is 9.53 Å². The van der Waals surface area contributed by atoms with E-state index in [1.807, 2.05) is 54.6 Å². The van der Waals surface area contributed by atoms with Crippen LogP contribution in [0, 0.1) is 0 Å². The molecule has 5 nitrogen and oxygen atoms in total. The highest BCUT2D eigenvalue weighted by molar-refractivity contribution is 6.30. The van der Waals surface area contributed by atoms with Crippen molar-refractivity contribution in [3.63, 3.8) is 0 Å². The minimum atomic E-state index is -0.100. The quantitative estimate of drug-likeness (QED) is 0.865. The smallest absolute Gasteiger partial charge is 0.320 e. The van der Waals surface area contributed by atoms with Gasteiger partial charge in [0.15, 0.2) is 6.73 Å². The van der Waals surface area contributed by atoms with Crippen LogP contribution < -0.4 is 15.0 Å². The molecular weight excluding hydrogens is 326 g/mol. The lowest BCUT2D eigenvalue weighted by molar-refractivity contribution is 0.181. The summed E-state index contributed by atoms with van der Waals surface area (Å²) in [6.07, 6.45) is 0. The molecule has 126 valence electrons. The fraction of sp³-hybridized carbons (Fsp3) is 0.278. The number of carbonyl (C=O) groups excluding carboxylic acids is 1. The van der Waals surface area contributed by atoms with Crippen molar-refractivity contribution in [3.8, 4) is 5.75 Å². The maximum atomic E-state index is 12.2. The number of amides is 2. The monoisotopic (exact) mass is 345 g/mol. The van der Waals surface area contributed by atoms with Gasteiger partial charge >= 0.3 is 6.03 Å². The summed E-state index contributed by atoms with van der Waals surface area (Å²) in [6.45, 7) is 3.07. The highest BCUT2D eigenvalue weighted by Gasteiger charge is 2.21. The average molecular weight is 346 g/mol. The summed E-state index contributed by atoms with van der Waals surface area (Å²) >= 11 is 6.04. The molecule has 1 aliphatic heterocycles. The van der Waals surface area contributed by atoms with Crippen LogP contribution in [0.2, 0.25) is 5.02 Å². The van der Waals surface area contributed by atoms with E-state index in [9.17, 15) is 4.79 Å². The van der Waals surface area contributed by atoms with Crippen LogP contribution in [0.3, 0.4) is 0 Å². The number of hydrogen-bond acceptors (Lipinski definition) is 3. The van der Waals surface area contributed by atoms with Crippen LogP contribution >= 0.6 is 11.6 Å². The number of piperazine rings is 1. The van der Waals surface area contributed by atoms with Gasteiger partial charge in [-0.2, -0.15) is 0 Å². The summed E-state index contributed by atoms with van der Waals surface area (Å²) in [5.74, 6) is 0.739. The van der Waals surface area contributed by atoms with E-state index in [1.165, 1.54) is 0 Å². The molecule has 0 atom stereocenters. The second-order valence-corrected chi connectivity index (χ2v) is 5.97. The van der Waals surface area contributed by atoms with Gasteiger partial charge in [-0.15, -0.1) is 0 Å². The van der Waals surface area contributed by atoms with E-state index in [-0.39, 0.29) is 12.8 Å². The minimum absolute atomic E-state index is 0.100. The lowest BCUT2D eigenvalue weighted by atomic mass is 10.2. The van der Waals surface area contributed by atoms with Crippen LogP contribution in [0.5, 0.6) is 5.75 Å². The van der Waals surface area contributed by atoms with Crippen molar-refractivity contribution in [2.45, 2.75) is 0 Å². The van der Waals surface area contributed by atoms with Gasteiger partial charge in [-0.25, -0.2) is 4.79 Å². The van der Waals surface area contributed by atoms with E-state index >= 15 is 0 Å². The zero-order chi connectivity index (χ0) is 16.8. The molecule has 0 radical (unpaired) electrons. The molecule has 0 spiro atoms. The van der Waals surface area contributed by atoms with Gasteiger partial charge in [0, 0.05) is 36.9 Å². The number of nitrogens with one attached hydrogen (secondary N) is 1. The van der Waals surface area contributed by atoms with Crippen LogP contribution in [0.4, 0.5) is 10.5 Å². The maximum Gasteiger partial charge on any atom is 0.320 e. The molecule has 2 aromatic rings. The Kier molecular flexibility index (Phi) is 5.43. The SMILES string of the molecule is O=C(NCOc1ccccc1)N1CCN(c2cccc(Cl)c2)CC1. The summed E-state index contributed by atoms with van der Waals surface area (Å²) < 4.78 is 5.49. The lowest BCUT2D eigenvalue weighted by Crippen LogP contribution is -2.52. The lowest BCUT2D eigenvalue weighted by Gasteiger charge is -2.36. The zero-order valence-corrected chi connectivity index (χ0v) is 14.1. The molecule has 24 heavy (non-hydrogen) atoms. The van der Waals surface area contributed by atoms with Crippen LogP contribution in [0.1, 0.15) is 0 Å². The number of nitrogens with zero attached hydrogens (tertiary/aromatic N) is 2. The van der Waals surface area contributed by atoms with Crippen molar-refractivity contribution in [3.05, 3.63) is 59.6 Å². The molecule has 6 heteroatoms. The van der Waals surface area contributed by atoms with Crippen LogP contribution in [0.15, 0.2) is 54.6 Å². The molecule has 1 heterocycles. The average Bonchev–Trinajstić information content (AvgIpc) is 2.63. The van der Waals surface area contributed by atoms with Gasteiger partial charge in [0.2, 0.25) is 0 Å². The molecule has 3 rings (SSSR count). The van der Waals surface area contributed by atoms with Crippen LogP contribution in [-0.2, 0) is 0 Å². The Hall–Kier alpha value is -2.40. The fourth-order valence-electron chi connectivity index (χ4n) is 2.65. The standard InChI is InChI=1S/C18H20ClN3O2/c19-15-5-4-6-16(13-15)21-9-11-22(12-10-21)18(23)20-14-24-17-7-2-1-3-8-17/h1-8,13H,9-12,14H2,(H,20,23). The number of rotatable bonds is 4. The molecule has 0 unspecified atom stereocenters. The number of hydrogen-bond donors (Lipinski definition) is 1. The van der Waals surface area contributed by atoms with E-state index in [1.54, 1.807) is 4.90 Å². The third-order valence-electron chi connectivity index (χ3n) is 3.95.